The van der Waals surface area contributed by atoms with Crippen molar-refractivity contribution in [1.29, 1.82) is 0 Å². The number of thioether (sulfide) groups is 1. The molecular formula is C25H30ClN5OS. The molecule has 1 unspecified atom stereocenters. The number of likely N-dealkylation sites (tertiary alicyclic amines) is 1. The van der Waals surface area contributed by atoms with E-state index < -0.39 is 0 Å². The van der Waals surface area contributed by atoms with Crippen LogP contribution in [0.25, 0.3) is 11.4 Å². The van der Waals surface area contributed by atoms with Crippen molar-refractivity contribution in [3.8, 4) is 11.4 Å². The number of nitrogens with one attached hydrogen (secondary N) is 1. The van der Waals surface area contributed by atoms with Crippen molar-refractivity contribution in [2.45, 2.75) is 44.4 Å². The minimum absolute atomic E-state index is 0.00557. The molecule has 0 bridgehead atoms. The van der Waals surface area contributed by atoms with E-state index in [2.05, 4.69) is 57.0 Å². The van der Waals surface area contributed by atoms with Crippen LogP contribution in [0.2, 0.25) is 5.02 Å². The van der Waals surface area contributed by atoms with Gasteiger partial charge in [0, 0.05) is 23.7 Å². The van der Waals surface area contributed by atoms with E-state index in [9.17, 15) is 4.79 Å². The fourth-order valence-electron chi connectivity index (χ4n) is 4.29. The third-order valence-corrected chi connectivity index (χ3v) is 7.15. The fourth-order valence-corrected chi connectivity index (χ4v) is 5.33. The van der Waals surface area contributed by atoms with Crippen LogP contribution in [-0.4, -0.2) is 51.0 Å². The van der Waals surface area contributed by atoms with Crippen molar-refractivity contribution in [2.75, 3.05) is 25.4 Å². The van der Waals surface area contributed by atoms with Gasteiger partial charge in [0.15, 0.2) is 11.0 Å². The second-order valence-corrected chi connectivity index (χ2v) is 9.71. The molecule has 0 radical (unpaired) electrons. The van der Waals surface area contributed by atoms with Crippen LogP contribution in [0.1, 0.15) is 36.9 Å². The van der Waals surface area contributed by atoms with Gasteiger partial charge in [-0.15, -0.1) is 10.2 Å². The Morgan fingerprint density at radius 3 is 2.67 bits per heavy atom. The van der Waals surface area contributed by atoms with Crippen LogP contribution < -0.4 is 5.32 Å². The van der Waals surface area contributed by atoms with Gasteiger partial charge in [-0.1, -0.05) is 59.3 Å². The van der Waals surface area contributed by atoms with E-state index in [1.807, 2.05) is 30.3 Å². The molecule has 8 heteroatoms. The number of halogens is 1. The molecule has 2 aromatic carbocycles. The molecule has 174 valence electrons. The van der Waals surface area contributed by atoms with Gasteiger partial charge < -0.3 is 9.88 Å². The molecule has 2 heterocycles. The van der Waals surface area contributed by atoms with Gasteiger partial charge in [0.25, 0.3) is 0 Å². The molecule has 1 aromatic heterocycles. The van der Waals surface area contributed by atoms with E-state index in [1.54, 1.807) is 0 Å². The molecule has 0 spiro atoms. The first-order chi connectivity index (χ1) is 16.0. The number of aromatic nitrogens is 3. The number of carbonyl (C=O) groups is 1. The van der Waals surface area contributed by atoms with E-state index in [-0.39, 0.29) is 11.9 Å². The number of rotatable bonds is 9. The molecule has 4 rings (SSSR count). The summed E-state index contributed by atoms with van der Waals surface area (Å²) >= 11 is 7.66. The van der Waals surface area contributed by atoms with Crippen LogP contribution >= 0.6 is 23.4 Å². The Balaban J connectivity index is 1.38. The lowest BCUT2D eigenvalue weighted by atomic mass is 10.1. The van der Waals surface area contributed by atoms with Gasteiger partial charge in [0.2, 0.25) is 5.91 Å². The van der Waals surface area contributed by atoms with Gasteiger partial charge >= 0.3 is 0 Å². The summed E-state index contributed by atoms with van der Waals surface area (Å²) in [6, 6.07) is 16.3. The normalized spacial score (nSPS) is 15.0. The van der Waals surface area contributed by atoms with E-state index in [0.29, 0.717) is 12.3 Å². The number of carbonyl (C=O) groups excluding carboxylic acids is 1. The summed E-state index contributed by atoms with van der Waals surface area (Å²) in [5.74, 6) is 1.13. The Morgan fingerprint density at radius 2 is 1.94 bits per heavy atom. The zero-order valence-electron chi connectivity index (χ0n) is 19.1. The summed E-state index contributed by atoms with van der Waals surface area (Å²) < 4.78 is 2.06. The molecule has 1 aliphatic rings. The van der Waals surface area contributed by atoms with Crippen molar-refractivity contribution in [1.82, 2.24) is 25.0 Å². The smallest absolute Gasteiger partial charge is 0.230 e. The maximum atomic E-state index is 12.7. The first kappa shape index (κ1) is 23.8. The topological polar surface area (TPSA) is 63.1 Å². The van der Waals surface area contributed by atoms with Crippen LogP contribution in [0.5, 0.6) is 0 Å². The molecule has 1 atom stereocenters. The monoisotopic (exact) mass is 483 g/mol. The largest absolute Gasteiger partial charge is 0.353 e. The lowest BCUT2D eigenvalue weighted by Crippen LogP contribution is -2.37. The van der Waals surface area contributed by atoms with Crippen LogP contribution in [0.15, 0.2) is 53.7 Å². The van der Waals surface area contributed by atoms with Crippen molar-refractivity contribution < 1.29 is 4.79 Å². The first-order valence-electron chi connectivity index (χ1n) is 11.4. The van der Waals surface area contributed by atoms with Crippen molar-refractivity contribution in [3.63, 3.8) is 0 Å². The van der Waals surface area contributed by atoms with Crippen molar-refractivity contribution in [3.05, 3.63) is 64.7 Å². The Bertz CT molecular complexity index is 1100. The predicted molar refractivity (Wildman–Crippen MR) is 135 cm³/mol. The summed E-state index contributed by atoms with van der Waals surface area (Å²) in [5.41, 5.74) is 3.36. The summed E-state index contributed by atoms with van der Waals surface area (Å²) in [4.78, 5) is 15.2. The molecule has 1 amide bonds. The highest BCUT2D eigenvalue weighted by molar-refractivity contribution is 7.99. The molecule has 1 aliphatic heterocycles. The summed E-state index contributed by atoms with van der Waals surface area (Å²) in [5, 5.41) is 13.4. The van der Waals surface area contributed by atoms with E-state index in [4.69, 9.17) is 11.6 Å². The standard InChI is InChI=1S/C25H30ClN5OS/c1-3-31-24(20-10-6-8-18(2)14-20)28-29-25(31)33-17-23(32)27-16-22(30-12-4-5-13-30)19-9-7-11-21(26)15-19/h6-11,14-15,22H,3-5,12-13,16-17H2,1-2H3,(H,27,32). The number of amides is 1. The first-order valence-corrected chi connectivity index (χ1v) is 12.8. The lowest BCUT2D eigenvalue weighted by molar-refractivity contribution is -0.118. The number of nitrogens with zero attached hydrogens (tertiary/aromatic N) is 4. The Morgan fingerprint density at radius 1 is 1.15 bits per heavy atom. The van der Waals surface area contributed by atoms with Gasteiger partial charge in [-0.3, -0.25) is 9.69 Å². The lowest BCUT2D eigenvalue weighted by Gasteiger charge is -2.28. The molecule has 1 fully saturated rings. The minimum Gasteiger partial charge on any atom is -0.353 e. The molecule has 33 heavy (non-hydrogen) atoms. The predicted octanol–water partition coefficient (Wildman–Crippen LogP) is 4.97. The second kappa shape index (κ2) is 11.2. The van der Waals surface area contributed by atoms with E-state index in [0.717, 1.165) is 46.8 Å². The Labute approximate surface area is 204 Å². The summed E-state index contributed by atoms with van der Waals surface area (Å²) in [7, 11) is 0. The molecule has 0 aliphatic carbocycles. The zero-order chi connectivity index (χ0) is 23.2. The Kier molecular flexibility index (Phi) is 8.06. The maximum absolute atomic E-state index is 12.7. The van der Waals surface area contributed by atoms with Crippen molar-refractivity contribution in [2.24, 2.45) is 0 Å². The number of hydrogen-bond donors (Lipinski definition) is 1. The average molecular weight is 484 g/mol. The molecule has 3 aromatic rings. The van der Waals surface area contributed by atoms with Gasteiger partial charge in [0.1, 0.15) is 0 Å². The highest BCUT2D eigenvalue weighted by Gasteiger charge is 2.24. The molecular weight excluding hydrogens is 454 g/mol. The highest BCUT2D eigenvalue weighted by atomic mass is 35.5. The molecule has 1 N–H and O–H groups in total. The SMILES string of the molecule is CCn1c(SCC(=O)NCC(c2cccc(Cl)c2)N2CCCC2)nnc1-c1cccc(C)c1. The molecule has 1 saturated heterocycles. The van der Waals surface area contributed by atoms with E-state index >= 15 is 0 Å². The second-order valence-electron chi connectivity index (χ2n) is 8.33. The third kappa shape index (κ3) is 5.96. The van der Waals surface area contributed by atoms with Crippen LogP contribution in [-0.2, 0) is 11.3 Å². The van der Waals surface area contributed by atoms with Gasteiger partial charge in [-0.05, 0) is 63.5 Å². The van der Waals surface area contributed by atoms with Gasteiger partial charge in [-0.2, -0.15) is 0 Å². The molecule has 6 nitrogen and oxygen atoms in total. The minimum atomic E-state index is -0.00557. The van der Waals surface area contributed by atoms with Crippen LogP contribution in [0, 0.1) is 6.92 Å². The average Bonchev–Trinajstić information content (AvgIpc) is 3.48. The van der Waals surface area contributed by atoms with Crippen LogP contribution in [0.3, 0.4) is 0 Å². The summed E-state index contributed by atoms with van der Waals surface area (Å²) in [6.07, 6.45) is 2.38. The number of benzene rings is 2. The Hall–Kier alpha value is -2.35. The number of aryl methyl sites for hydroxylation is 1. The van der Waals surface area contributed by atoms with Gasteiger partial charge in [-0.25, -0.2) is 0 Å². The van der Waals surface area contributed by atoms with Crippen LogP contribution in [0.4, 0.5) is 0 Å². The highest BCUT2D eigenvalue weighted by Crippen LogP contribution is 2.27. The van der Waals surface area contributed by atoms with Crippen molar-refractivity contribution >= 4 is 29.3 Å². The third-order valence-electron chi connectivity index (χ3n) is 5.95. The van der Waals surface area contributed by atoms with E-state index in [1.165, 1.54) is 30.2 Å². The summed E-state index contributed by atoms with van der Waals surface area (Å²) in [6.45, 7) is 7.53. The quantitative estimate of drug-likeness (QED) is 0.435. The zero-order valence-corrected chi connectivity index (χ0v) is 20.7. The van der Waals surface area contributed by atoms with Gasteiger partial charge in [0.05, 0.1) is 11.8 Å². The maximum Gasteiger partial charge on any atom is 0.230 e. The number of hydrogen-bond acceptors (Lipinski definition) is 5. The fraction of sp³-hybridized carbons (Fsp3) is 0.400. The molecule has 0 saturated carbocycles.